The minimum Gasteiger partial charge on any atom is -0.378 e. The number of likely N-dealkylation sites (tertiary alicyclic amines) is 1. The predicted molar refractivity (Wildman–Crippen MR) is 141 cm³/mol. The Hall–Kier alpha value is -2.78. The number of fused-ring (bicyclic) bond motifs is 1. The Morgan fingerprint density at radius 3 is 1.52 bits per heavy atom. The van der Waals surface area contributed by atoms with Crippen molar-refractivity contribution in [2.75, 3.05) is 92.4 Å². The fourth-order valence-corrected chi connectivity index (χ4v) is 4.23. The Morgan fingerprint density at radius 2 is 1.07 bits per heavy atom. The molecule has 40 heavy (non-hydrogen) atoms. The van der Waals surface area contributed by atoms with E-state index in [9.17, 15) is 19.2 Å². The minimum absolute atomic E-state index is 0.0353. The van der Waals surface area contributed by atoms with Gasteiger partial charge in [-0.05, 0) is 18.6 Å². The lowest BCUT2D eigenvalue weighted by Gasteiger charge is -2.34. The summed E-state index contributed by atoms with van der Waals surface area (Å²) in [6.45, 7) is 5.48. The lowest BCUT2D eigenvalue weighted by atomic mass is 10.0. The molecule has 0 aliphatic carbocycles. The number of nitrogens with zero attached hydrogens (tertiary/aromatic N) is 2. The molecule has 0 saturated carbocycles. The van der Waals surface area contributed by atoms with Gasteiger partial charge in [0.15, 0.2) is 0 Å². The van der Waals surface area contributed by atoms with Crippen LogP contribution in [-0.2, 0) is 38.0 Å². The second kappa shape index (κ2) is 17.8. The van der Waals surface area contributed by atoms with Crippen molar-refractivity contribution in [3.05, 3.63) is 35.4 Å². The van der Waals surface area contributed by atoms with Crippen molar-refractivity contribution >= 4 is 23.6 Å². The molecule has 3 rings (SSSR count). The number of hydrogen-bond donors (Lipinski definition) is 1. The summed E-state index contributed by atoms with van der Waals surface area (Å²) < 4.78 is 32.3. The number of piperidine rings is 1. The zero-order chi connectivity index (χ0) is 28.6. The number of imide groups is 2. The molecule has 2 aliphatic rings. The van der Waals surface area contributed by atoms with Crippen molar-refractivity contribution < 1.29 is 47.6 Å². The van der Waals surface area contributed by atoms with Gasteiger partial charge in [-0.1, -0.05) is 12.1 Å². The van der Waals surface area contributed by atoms with E-state index in [1.165, 1.54) is 0 Å². The molecule has 0 radical (unpaired) electrons. The van der Waals surface area contributed by atoms with Gasteiger partial charge in [0, 0.05) is 13.0 Å². The molecular weight excluding hydrogens is 526 g/mol. The first-order valence-electron chi connectivity index (χ1n) is 13.5. The van der Waals surface area contributed by atoms with Crippen LogP contribution in [0.1, 0.15) is 33.6 Å². The summed E-state index contributed by atoms with van der Waals surface area (Å²) in [5.74, 6) is -1.93. The number of carbonyl (C=O) groups is 4. The number of carbonyl (C=O) groups excluding carboxylic acids is 4. The van der Waals surface area contributed by atoms with Gasteiger partial charge in [0.25, 0.3) is 17.7 Å². The average Bonchev–Trinajstić information content (AvgIpc) is 3.21. The van der Waals surface area contributed by atoms with Crippen molar-refractivity contribution in [2.24, 2.45) is 5.73 Å². The van der Waals surface area contributed by atoms with Crippen molar-refractivity contribution in [1.29, 1.82) is 0 Å². The maximum atomic E-state index is 13.0. The van der Waals surface area contributed by atoms with Gasteiger partial charge in [-0.25, -0.2) is 0 Å². The molecule has 4 amide bonds. The van der Waals surface area contributed by atoms with Crippen LogP contribution in [0.25, 0.3) is 0 Å². The largest absolute Gasteiger partial charge is 0.378 e. The maximum absolute atomic E-state index is 13.0. The SMILES string of the molecule is NCCOCCOCCOCCOCCOCCOCCN1C(=O)CCC(N2C(=O)c3ccccc3C2=O)C1=O. The van der Waals surface area contributed by atoms with E-state index in [0.29, 0.717) is 72.6 Å². The Kier molecular flexibility index (Phi) is 14.1. The molecule has 1 unspecified atom stereocenters. The summed E-state index contributed by atoms with van der Waals surface area (Å²) in [7, 11) is 0. The summed E-state index contributed by atoms with van der Waals surface area (Å²) >= 11 is 0. The summed E-state index contributed by atoms with van der Waals surface area (Å²) in [4.78, 5) is 53.0. The topological polar surface area (TPSA) is 156 Å². The molecule has 2 N–H and O–H groups in total. The van der Waals surface area contributed by atoms with Crippen LogP contribution >= 0.6 is 0 Å². The van der Waals surface area contributed by atoms with E-state index in [0.717, 1.165) is 9.80 Å². The average molecular weight is 566 g/mol. The maximum Gasteiger partial charge on any atom is 0.262 e. The number of ether oxygens (including phenoxy) is 6. The smallest absolute Gasteiger partial charge is 0.262 e. The number of benzene rings is 1. The first kappa shape index (κ1) is 31.7. The second-order valence-corrected chi connectivity index (χ2v) is 8.93. The van der Waals surface area contributed by atoms with E-state index in [-0.39, 0.29) is 49.6 Å². The molecule has 1 fully saturated rings. The van der Waals surface area contributed by atoms with Gasteiger partial charge in [-0.15, -0.1) is 0 Å². The summed E-state index contributed by atoms with van der Waals surface area (Å²) in [5, 5.41) is 0. The minimum atomic E-state index is -1.00. The van der Waals surface area contributed by atoms with Gasteiger partial charge in [-0.3, -0.25) is 29.0 Å². The molecule has 2 heterocycles. The van der Waals surface area contributed by atoms with Crippen LogP contribution in [-0.4, -0.2) is 132 Å². The molecule has 1 atom stereocenters. The van der Waals surface area contributed by atoms with Crippen molar-refractivity contribution in [1.82, 2.24) is 9.80 Å². The molecule has 222 valence electrons. The third kappa shape index (κ3) is 9.41. The van der Waals surface area contributed by atoms with E-state index in [4.69, 9.17) is 34.2 Å². The molecule has 0 bridgehead atoms. The molecule has 13 heteroatoms. The third-order valence-corrected chi connectivity index (χ3v) is 6.20. The lowest BCUT2D eigenvalue weighted by molar-refractivity contribution is -0.152. The van der Waals surface area contributed by atoms with Crippen LogP contribution in [0.5, 0.6) is 0 Å². The Bertz CT molecular complexity index is 941. The first-order valence-corrected chi connectivity index (χ1v) is 13.5. The molecule has 1 aromatic carbocycles. The second-order valence-electron chi connectivity index (χ2n) is 8.93. The van der Waals surface area contributed by atoms with E-state index in [1.807, 2.05) is 0 Å². The summed E-state index contributed by atoms with van der Waals surface area (Å²) in [6.07, 6.45) is 0.180. The van der Waals surface area contributed by atoms with Crippen molar-refractivity contribution in [3.8, 4) is 0 Å². The zero-order valence-electron chi connectivity index (χ0n) is 22.8. The van der Waals surface area contributed by atoms with E-state index in [1.54, 1.807) is 24.3 Å². The molecule has 13 nitrogen and oxygen atoms in total. The van der Waals surface area contributed by atoms with Crippen LogP contribution in [0, 0.1) is 0 Å². The number of nitrogens with two attached hydrogens (primary N) is 1. The summed E-state index contributed by atoms with van der Waals surface area (Å²) in [6, 6.07) is 5.45. The Balaban J connectivity index is 1.19. The standard InChI is InChI=1S/C27H39N3O10/c28-7-9-35-11-13-37-15-17-39-19-20-40-18-16-38-14-12-36-10-8-29-24(31)6-5-23(27(29)34)30-25(32)21-3-1-2-4-22(21)26(30)33/h1-4,23H,5-20,28H2. The van der Waals surface area contributed by atoms with E-state index >= 15 is 0 Å². The Morgan fingerprint density at radius 1 is 0.650 bits per heavy atom. The van der Waals surface area contributed by atoms with Gasteiger partial charge >= 0.3 is 0 Å². The molecular formula is C27H39N3O10. The number of rotatable bonds is 21. The van der Waals surface area contributed by atoms with Crippen LogP contribution in [0.2, 0.25) is 0 Å². The van der Waals surface area contributed by atoms with Crippen LogP contribution in [0.15, 0.2) is 24.3 Å². The zero-order valence-corrected chi connectivity index (χ0v) is 22.8. The van der Waals surface area contributed by atoms with Crippen molar-refractivity contribution in [3.63, 3.8) is 0 Å². The number of hydrogen-bond acceptors (Lipinski definition) is 11. The molecule has 1 saturated heterocycles. The van der Waals surface area contributed by atoms with E-state index < -0.39 is 23.8 Å². The molecule has 2 aliphatic heterocycles. The van der Waals surface area contributed by atoms with Crippen LogP contribution < -0.4 is 5.73 Å². The van der Waals surface area contributed by atoms with E-state index in [2.05, 4.69) is 0 Å². The number of amides is 4. The van der Waals surface area contributed by atoms with Gasteiger partial charge in [0.2, 0.25) is 5.91 Å². The molecule has 0 spiro atoms. The van der Waals surface area contributed by atoms with Gasteiger partial charge < -0.3 is 34.2 Å². The normalized spacial score (nSPS) is 17.3. The monoisotopic (exact) mass is 565 g/mol. The third-order valence-electron chi connectivity index (χ3n) is 6.20. The Labute approximate surface area is 233 Å². The highest BCUT2D eigenvalue weighted by Crippen LogP contribution is 2.28. The predicted octanol–water partition coefficient (Wildman–Crippen LogP) is -0.141. The van der Waals surface area contributed by atoms with Crippen LogP contribution in [0.3, 0.4) is 0 Å². The van der Waals surface area contributed by atoms with Crippen LogP contribution in [0.4, 0.5) is 0 Å². The fraction of sp³-hybridized carbons (Fsp3) is 0.630. The van der Waals surface area contributed by atoms with Gasteiger partial charge in [0.05, 0.1) is 97.0 Å². The van der Waals surface area contributed by atoms with Crippen molar-refractivity contribution in [2.45, 2.75) is 18.9 Å². The molecule has 1 aromatic rings. The lowest BCUT2D eigenvalue weighted by Crippen LogP contribution is -2.56. The van der Waals surface area contributed by atoms with Gasteiger partial charge in [-0.2, -0.15) is 0 Å². The fourth-order valence-electron chi connectivity index (χ4n) is 4.23. The first-order chi connectivity index (χ1) is 19.6. The molecule has 0 aromatic heterocycles. The highest BCUT2D eigenvalue weighted by molar-refractivity contribution is 6.23. The highest BCUT2D eigenvalue weighted by Gasteiger charge is 2.46. The summed E-state index contributed by atoms with van der Waals surface area (Å²) in [5.41, 5.74) is 5.86. The highest BCUT2D eigenvalue weighted by atomic mass is 16.6. The van der Waals surface area contributed by atoms with Gasteiger partial charge in [0.1, 0.15) is 6.04 Å². The quantitative estimate of drug-likeness (QED) is 0.156.